The van der Waals surface area contributed by atoms with Crippen molar-refractivity contribution < 1.29 is 153 Å². The number of thioether (sulfide) groups is 1. The number of hydrogen-bond acceptors (Lipinski definition) is 31. The number of carboxylic acid groups (broad SMARTS) is 2. The van der Waals surface area contributed by atoms with E-state index in [2.05, 4.69) is 31.9 Å². The van der Waals surface area contributed by atoms with E-state index in [9.17, 15) is 38.4 Å². The molecular weight excluding hydrogens is 1500 g/mol. The Morgan fingerprint density at radius 1 is 0.339 bits per heavy atom. The summed E-state index contributed by atoms with van der Waals surface area (Å²) in [5.74, 6) is -2.13. The molecule has 2 aliphatic heterocycles. The molecule has 0 spiro atoms. The summed E-state index contributed by atoms with van der Waals surface area (Å²) in [5, 5.41) is 34.7. The van der Waals surface area contributed by atoms with E-state index in [1.54, 1.807) is 0 Å². The van der Waals surface area contributed by atoms with Crippen LogP contribution in [0.25, 0.3) is 0 Å². The maximum absolute atomic E-state index is 13.4. The zero-order valence-electron chi connectivity index (χ0n) is 65.1. The van der Waals surface area contributed by atoms with Crippen molar-refractivity contribution in [2.45, 2.75) is 75.1 Å². The van der Waals surface area contributed by atoms with E-state index in [0.29, 0.717) is 229 Å². The number of aliphatic carboxylic acids is 2. The van der Waals surface area contributed by atoms with Crippen molar-refractivity contribution >= 4 is 59.1 Å². The van der Waals surface area contributed by atoms with Crippen molar-refractivity contribution in [1.82, 2.24) is 31.9 Å². The van der Waals surface area contributed by atoms with Crippen LogP contribution in [0.2, 0.25) is 0 Å². The van der Waals surface area contributed by atoms with Gasteiger partial charge in [-0.25, -0.2) is 4.79 Å². The van der Waals surface area contributed by atoms with Crippen molar-refractivity contribution in [3.63, 3.8) is 0 Å². The summed E-state index contributed by atoms with van der Waals surface area (Å²) in [5.41, 5.74) is 0.118. The maximum atomic E-state index is 13.4. The Kier molecular flexibility index (Phi) is 66.3. The minimum atomic E-state index is -0.928. The van der Waals surface area contributed by atoms with Crippen LogP contribution in [0, 0.1) is 0 Å². The van der Waals surface area contributed by atoms with Gasteiger partial charge in [0, 0.05) is 68.1 Å². The first-order valence-corrected chi connectivity index (χ1v) is 39.6. The number of ether oxygens (including phenoxy) is 22. The van der Waals surface area contributed by atoms with Gasteiger partial charge in [-0.3, -0.25) is 33.6 Å². The highest BCUT2D eigenvalue weighted by Crippen LogP contribution is 2.33. The fourth-order valence-corrected chi connectivity index (χ4v) is 11.2. The molecule has 3 atom stereocenters. The van der Waals surface area contributed by atoms with Crippen molar-refractivity contribution in [2.24, 2.45) is 0 Å². The molecule has 112 heavy (non-hydrogen) atoms. The summed E-state index contributed by atoms with van der Waals surface area (Å²) < 4.78 is 121. The summed E-state index contributed by atoms with van der Waals surface area (Å²) in [6, 6.07) is 4.64. The fourth-order valence-electron chi connectivity index (χ4n) is 9.68. The fraction of sp³-hybridized carbons (Fsp3) is 0.808. The number of ketones is 1. The lowest BCUT2D eigenvalue weighted by Crippen LogP contribution is -2.36. The third-order valence-corrected chi connectivity index (χ3v) is 16.9. The molecule has 2 aliphatic rings. The van der Waals surface area contributed by atoms with Crippen LogP contribution in [0.3, 0.4) is 0 Å². The Morgan fingerprint density at radius 2 is 0.652 bits per heavy atom. The van der Waals surface area contributed by atoms with Crippen LogP contribution in [0.4, 0.5) is 4.79 Å². The standard InChI is InChI=1S/C73H126N6O32S/c80-61(7-14-90-20-26-96-34-38-102-40-42-104-44-46-106-48-50-108-52-53-109-51-49-107-47-45-105-43-41-103-39-37-99-29-23-93-17-11-74-66(81)6-2-1-5-65-71-64(59-112-65)78-73(89)79-71)4-3-10-77-72(88)60-54-62(110-57-67(82)75-12-18-94-24-30-100-35-32-97-27-21-91-15-8-69(84)85)56-63(55-60)111-58-68(83)76-13-19-95-25-31-101-36-33-98-28-22-92-16-9-70(86)87/h54-56,64-65,71H,1-53,57-59H2,(H,74,81)(H,75,82)(H,76,83)(H,77,88)(H,84,85)(H,86,87)(H2,78,79,89)/t64-,65-,71-/m0/s1. The molecule has 0 unspecified atom stereocenters. The highest BCUT2D eigenvalue weighted by Gasteiger charge is 2.42. The second kappa shape index (κ2) is 74.0. The summed E-state index contributed by atoms with van der Waals surface area (Å²) in [6.45, 7) is 14.3. The lowest BCUT2D eigenvalue weighted by Gasteiger charge is -2.16. The number of hydrogen-bond donors (Lipinski definition) is 8. The van der Waals surface area contributed by atoms with Crippen LogP contribution < -0.4 is 41.4 Å². The van der Waals surface area contributed by atoms with E-state index in [1.807, 2.05) is 11.8 Å². The van der Waals surface area contributed by atoms with Crippen molar-refractivity contribution in [2.75, 3.05) is 309 Å². The molecule has 2 saturated heterocycles. The van der Waals surface area contributed by atoms with Gasteiger partial charge in [0.25, 0.3) is 17.7 Å². The van der Waals surface area contributed by atoms with Gasteiger partial charge in [-0.15, -0.1) is 0 Å². The average Bonchev–Trinajstić information content (AvgIpc) is 1.65. The smallest absolute Gasteiger partial charge is 0.315 e. The average molecular weight is 1630 g/mol. The van der Waals surface area contributed by atoms with Crippen molar-refractivity contribution in [3.05, 3.63) is 23.8 Å². The number of amides is 6. The van der Waals surface area contributed by atoms with Crippen molar-refractivity contribution in [3.8, 4) is 11.5 Å². The van der Waals surface area contributed by atoms with Gasteiger partial charge in [0.1, 0.15) is 17.3 Å². The minimum absolute atomic E-state index is 0.0249. The summed E-state index contributed by atoms with van der Waals surface area (Å²) in [4.78, 5) is 96.0. The summed E-state index contributed by atoms with van der Waals surface area (Å²) >= 11 is 1.89. The zero-order chi connectivity index (χ0) is 80.3. The highest BCUT2D eigenvalue weighted by molar-refractivity contribution is 8.00. The van der Waals surface area contributed by atoms with Gasteiger partial charge in [0.15, 0.2) is 13.2 Å². The molecule has 0 saturated carbocycles. The lowest BCUT2D eigenvalue weighted by molar-refractivity contribution is -0.139. The number of fused-ring (bicyclic) bond motifs is 1. The molecule has 6 amide bonds. The SMILES string of the molecule is O=C(O)CCOCCOCCOCCOCCNC(=O)COc1cc(OCC(=O)NCCOCCOCCOCCOCCC(=O)O)cc(C(=O)NCCCC(=O)CCOCCOCCOCCOCCOCCOCCOCCOCCOCCOCCOCCOCCNC(=O)CCCC[C@@H]2SC[C@@H]3NC(=O)N[C@@H]32)c1. The van der Waals surface area contributed by atoms with Gasteiger partial charge in [-0.1, -0.05) is 6.42 Å². The third-order valence-electron chi connectivity index (χ3n) is 15.4. The summed E-state index contributed by atoms with van der Waals surface area (Å²) in [7, 11) is 0. The number of nitrogens with one attached hydrogen (secondary N) is 6. The molecule has 3 rings (SSSR count). The Labute approximate surface area is 661 Å². The Hall–Kier alpha value is -5.87. The molecule has 646 valence electrons. The number of unbranched alkanes of at least 4 members (excludes halogenated alkanes) is 1. The molecule has 0 aromatic heterocycles. The number of carboxylic acids is 2. The molecular formula is C73H126N6O32S. The molecule has 38 nitrogen and oxygen atoms in total. The number of carbonyl (C=O) groups excluding carboxylic acids is 6. The quantitative estimate of drug-likeness (QED) is 0.0320. The van der Waals surface area contributed by atoms with E-state index in [4.69, 9.17) is 114 Å². The number of urea groups is 1. The second-order valence-corrected chi connectivity index (χ2v) is 25.6. The van der Waals surface area contributed by atoms with Gasteiger partial charge in [0.05, 0.1) is 289 Å². The monoisotopic (exact) mass is 1630 g/mol. The minimum Gasteiger partial charge on any atom is -0.484 e. The van der Waals surface area contributed by atoms with Crippen LogP contribution >= 0.6 is 11.8 Å². The van der Waals surface area contributed by atoms with Crippen LogP contribution in [0.15, 0.2) is 18.2 Å². The molecule has 39 heteroatoms. The molecule has 1 aromatic carbocycles. The first-order chi connectivity index (χ1) is 54.9. The highest BCUT2D eigenvalue weighted by atomic mass is 32.2. The molecule has 0 aliphatic carbocycles. The number of carbonyl (C=O) groups is 8. The van der Waals surface area contributed by atoms with Gasteiger partial charge >= 0.3 is 18.0 Å². The molecule has 2 heterocycles. The Bertz CT molecular complexity index is 2470. The molecule has 0 radical (unpaired) electrons. The van der Waals surface area contributed by atoms with Gasteiger partial charge in [-0.05, 0) is 31.4 Å². The number of Topliss-reactive ketones (excluding diaryl/α,β-unsaturated/α-hetero) is 1. The summed E-state index contributed by atoms with van der Waals surface area (Å²) in [6.07, 6.45) is 3.88. The molecule has 8 N–H and O–H groups in total. The van der Waals surface area contributed by atoms with Crippen LogP contribution in [0.5, 0.6) is 11.5 Å². The third kappa shape index (κ3) is 62.5. The molecule has 1 aromatic rings. The topological polar surface area (TPSA) is 452 Å². The Morgan fingerprint density at radius 3 is 0.991 bits per heavy atom. The first kappa shape index (κ1) is 100. The van der Waals surface area contributed by atoms with Gasteiger partial charge < -0.3 is 146 Å². The van der Waals surface area contributed by atoms with Gasteiger partial charge in [-0.2, -0.15) is 11.8 Å². The predicted octanol–water partition coefficient (Wildman–Crippen LogP) is 0.269. The van der Waals surface area contributed by atoms with Gasteiger partial charge in [0.2, 0.25) is 5.91 Å². The van der Waals surface area contributed by atoms with E-state index in [1.165, 1.54) is 18.2 Å². The largest absolute Gasteiger partial charge is 0.484 e. The van der Waals surface area contributed by atoms with Crippen LogP contribution in [-0.2, 0) is 124 Å². The van der Waals surface area contributed by atoms with E-state index in [-0.39, 0.29) is 152 Å². The first-order valence-electron chi connectivity index (χ1n) is 38.6. The Balaban J connectivity index is 1.08. The molecule has 0 bridgehead atoms. The maximum Gasteiger partial charge on any atom is 0.315 e. The van der Waals surface area contributed by atoms with Crippen molar-refractivity contribution in [1.29, 1.82) is 0 Å². The van der Waals surface area contributed by atoms with E-state index >= 15 is 0 Å². The van der Waals surface area contributed by atoms with E-state index < -0.39 is 42.9 Å². The second-order valence-electron chi connectivity index (χ2n) is 24.4. The number of benzene rings is 1. The zero-order valence-corrected chi connectivity index (χ0v) is 65.9. The van der Waals surface area contributed by atoms with Crippen LogP contribution in [0.1, 0.15) is 68.1 Å². The normalized spacial score (nSPS) is 14.4. The molecule has 2 fully saturated rings. The lowest BCUT2D eigenvalue weighted by atomic mass is 10.0. The van der Waals surface area contributed by atoms with Crippen LogP contribution in [-0.4, -0.2) is 384 Å². The van der Waals surface area contributed by atoms with E-state index in [0.717, 1.165) is 25.0 Å². The predicted molar refractivity (Wildman–Crippen MR) is 402 cm³/mol. The number of rotatable bonds is 85.